The van der Waals surface area contributed by atoms with E-state index in [2.05, 4.69) is 4.12 Å². The monoisotopic (exact) mass is 466 g/mol. The molecule has 1 nitrogen and oxygen atoms in total. The minimum Gasteiger partial charge on any atom is -0.352 e. The van der Waals surface area contributed by atoms with E-state index >= 15 is 0 Å². The summed E-state index contributed by atoms with van der Waals surface area (Å²) in [5.74, 6) is -13.0. The lowest BCUT2D eigenvalue weighted by atomic mass is 10.1. The highest BCUT2D eigenvalue weighted by Gasteiger charge is 2.58. The van der Waals surface area contributed by atoms with E-state index in [4.69, 9.17) is 0 Å². The molecule has 29 heavy (non-hydrogen) atoms. The summed E-state index contributed by atoms with van der Waals surface area (Å²) in [5, 5.41) is -3.81. The van der Waals surface area contributed by atoms with E-state index in [0.717, 1.165) is 0 Å². The van der Waals surface area contributed by atoms with E-state index in [-0.39, 0.29) is 25.0 Å². The lowest BCUT2D eigenvalue weighted by Gasteiger charge is -2.22. The molecule has 2 aromatic rings. The van der Waals surface area contributed by atoms with E-state index < -0.39 is 74.4 Å². The number of hydrogen-bond donors (Lipinski definition) is 0. The maximum Gasteiger partial charge on any atom is 0.610 e. The quantitative estimate of drug-likeness (QED) is 0.263. The molecule has 0 amide bonds. The van der Waals surface area contributed by atoms with Gasteiger partial charge in [-0.25, -0.2) is 42.8 Å². The van der Waals surface area contributed by atoms with Crippen LogP contribution in [0.5, 0.6) is 0 Å². The number of benzene rings is 2. The third-order valence-corrected chi connectivity index (χ3v) is 8.12. The Morgan fingerprint density at radius 2 is 0.897 bits per heavy atom. The topological polar surface area (TPSA) is 9.23 Å². The molecule has 0 aromatic heterocycles. The fourth-order valence-electron chi connectivity index (χ4n) is 2.52. The second-order valence-corrected chi connectivity index (χ2v) is 9.85. The molecule has 0 aliphatic carbocycles. The molecule has 0 saturated heterocycles. The second-order valence-electron chi connectivity index (χ2n) is 5.89. The Balaban J connectivity index is 2.58. The summed E-state index contributed by atoms with van der Waals surface area (Å²) in [6.07, 6.45) is -0.738. The van der Waals surface area contributed by atoms with Crippen LogP contribution in [0.2, 0.25) is 0 Å². The average Bonchev–Trinajstić information content (AvgIpc) is 2.63. The van der Waals surface area contributed by atoms with E-state index in [1.165, 1.54) is 13.8 Å². The smallest absolute Gasteiger partial charge is 0.352 e. The molecule has 0 aliphatic rings. The highest BCUT2D eigenvalue weighted by molar-refractivity contribution is 6.87. The number of aryl methyl sites for hydroxylation is 2. The van der Waals surface area contributed by atoms with Crippen molar-refractivity contribution in [1.82, 2.24) is 0 Å². The van der Waals surface area contributed by atoms with Crippen molar-refractivity contribution in [3.63, 3.8) is 0 Å². The van der Waals surface area contributed by atoms with Crippen LogP contribution in [0.15, 0.2) is 12.1 Å². The van der Waals surface area contributed by atoms with Gasteiger partial charge in [-0.15, -0.1) is 0 Å². The summed E-state index contributed by atoms with van der Waals surface area (Å²) < 4.78 is 143. The molecule has 0 bridgehead atoms. The molecule has 0 radical (unpaired) electrons. The van der Waals surface area contributed by atoms with Crippen LogP contribution in [-0.4, -0.2) is 18.0 Å². The second kappa shape index (κ2) is 8.10. The first kappa shape index (κ1) is 23.4. The zero-order valence-corrected chi connectivity index (χ0v) is 16.8. The van der Waals surface area contributed by atoms with Crippen molar-refractivity contribution in [1.29, 1.82) is 0 Å². The number of hydrogen-bond acceptors (Lipinski definition) is 1. The molecule has 160 valence electrons. The standard InChI is InChI=1S/C16H12F10OSi2/c1-3-7-5-9(13(19)15(21)11(7)17)28(23,24)27-29(25,26)10-6-8(4-2)12(18)16(22)14(10)20/h5-6H,3-4H2,1-2H3. The van der Waals surface area contributed by atoms with Gasteiger partial charge >= 0.3 is 18.0 Å². The van der Waals surface area contributed by atoms with Crippen molar-refractivity contribution < 1.29 is 46.9 Å². The Morgan fingerprint density at radius 3 is 1.17 bits per heavy atom. The molecule has 0 aliphatic heterocycles. The van der Waals surface area contributed by atoms with Crippen molar-refractivity contribution >= 4 is 28.3 Å². The molecule has 0 unspecified atom stereocenters. The van der Waals surface area contributed by atoms with Gasteiger partial charge < -0.3 is 4.12 Å². The zero-order valence-electron chi connectivity index (χ0n) is 14.8. The van der Waals surface area contributed by atoms with Crippen LogP contribution in [0.25, 0.3) is 0 Å². The van der Waals surface area contributed by atoms with Crippen molar-refractivity contribution in [3.05, 3.63) is 58.2 Å². The zero-order chi connectivity index (χ0) is 22.3. The molecule has 2 rings (SSSR count). The lowest BCUT2D eigenvalue weighted by molar-refractivity contribution is 0.314. The molecule has 0 spiro atoms. The molecule has 0 saturated carbocycles. The first-order valence-electron chi connectivity index (χ1n) is 8.07. The Kier molecular flexibility index (Phi) is 6.54. The summed E-state index contributed by atoms with van der Waals surface area (Å²) in [6, 6.07) is 0.313. The van der Waals surface area contributed by atoms with Crippen molar-refractivity contribution in [2.24, 2.45) is 0 Å². The molecule has 2 aromatic carbocycles. The number of rotatable bonds is 6. The largest absolute Gasteiger partial charge is 0.610 e. The van der Waals surface area contributed by atoms with Crippen LogP contribution < -0.4 is 10.4 Å². The van der Waals surface area contributed by atoms with E-state index in [0.29, 0.717) is 0 Å². The minimum absolute atomic E-state index is 0.156. The lowest BCUT2D eigenvalue weighted by Crippen LogP contribution is -2.57. The van der Waals surface area contributed by atoms with Gasteiger partial charge in [-0.1, -0.05) is 13.8 Å². The van der Waals surface area contributed by atoms with E-state index in [1.807, 2.05) is 0 Å². The molecule has 0 N–H and O–H groups in total. The number of halogens is 10. The SMILES string of the molecule is CCc1cc([Si](F)(F)O[Si](F)(F)c2cc(CC)c(F)c(F)c2F)c(F)c(F)c1F. The predicted molar refractivity (Wildman–Crippen MR) is 87.7 cm³/mol. The van der Waals surface area contributed by atoms with Crippen LogP contribution in [0.3, 0.4) is 0 Å². The van der Waals surface area contributed by atoms with Gasteiger partial charge in [-0.05, 0) is 36.1 Å². The summed E-state index contributed by atoms with van der Waals surface area (Å²) in [7, 11) is -14.0. The first-order valence-corrected chi connectivity index (χ1v) is 11.4. The van der Waals surface area contributed by atoms with Gasteiger partial charge in [0.15, 0.2) is 34.9 Å². The summed E-state index contributed by atoms with van der Waals surface area (Å²) in [5.41, 5.74) is -1.43. The van der Waals surface area contributed by atoms with Gasteiger partial charge in [-0.2, -0.15) is 0 Å². The van der Waals surface area contributed by atoms with Crippen LogP contribution in [-0.2, 0) is 17.0 Å². The Labute approximate surface area is 160 Å². The van der Waals surface area contributed by atoms with Gasteiger partial charge in [0.05, 0.1) is 10.4 Å². The van der Waals surface area contributed by atoms with Crippen LogP contribution >= 0.6 is 0 Å². The minimum atomic E-state index is -6.98. The van der Waals surface area contributed by atoms with Crippen LogP contribution in [0.1, 0.15) is 25.0 Å². The Bertz CT molecular complexity index is 873. The highest BCUT2D eigenvalue weighted by Crippen LogP contribution is 2.26. The van der Waals surface area contributed by atoms with E-state index in [9.17, 15) is 42.8 Å². The first-order chi connectivity index (χ1) is 13.3. The average molecular weight is 466 g/mol. The highest BCUT2D eigenvalue weighted by atomic mass is 28.5. The molecular weight excluding hydrogens is 454 g/mol. The fraction of sp³-hybridized carbons (Fsp3) is 0.250. The Hall–Kier alpha value is -1.87. The normalized spacial score (nSPS) is 12.6. The molecule has 0 fully saturated rings. The van der Waals surface area contributed by atoms with Gasteiger partial charge in [0.25, 0.3) is 0 Å². The third-order valence-electron chi connectivity index (χ3n) is 4.09. The maximum atomic E-state index is 14.4. The molecule has 0 atom stereocenters. The molecule has 0 heterocycles. The predicted octanol–water partition coefficient (Wildman–Crippen LogP) is 4.53. The fourth-order valence-corrected chi connectivity index (χ4v) is 6.10. The molecular formula is C16H12F10OSi2. The van der Waals surface area contributed by atoms with Gasteiger partial charge in [0, 0.05) is 0 Å². The van der Waals surface area contributed by atoms with Gasteiger partial charge in [0.1, 0.15) is 0 Å². The van der Waals surface area contributed by atoms with Gasteiger partial charge in [0.2, 0.25) is 0 Å². The third kappa shape index (κ3) is 4.21. The van der Waals surface area contributed by atoms with Gasteiger partial charge in [-0.3, -0.25) is 0 Å². The van der Waals surface area contributed by atoms with E-state index in [1.54, 1.807) is 0 Å². The summed E-state index contributed by atoms with van der Waals surface area (Å²) in [6.45, 7) is 2.43. The molecule has 13 heteroatoms. The van der Waals surface area contributed by atoms with Crippen LogP contribution in [0.4, 0.5) is 42.8 Å². The van der Waals surface area contributed by atoms with Crippen molar-refractivity contribution in [2.45, 2.75) is 26.7 Å². The van der Waals surface area contributed by atoms with Crippen LogP contribution in [0, 0.1) is 34.9 Å². The van der Waals surface area contributed by atoms with Crippen molar-refractivity contribution in [2.75, 3.05) is 0 Å². The summed E-state index contributed by atoms with van der Waals surface area (Å²) >= 11 is 0. The Morgan fingerprint density at radius 1 is 0.586 bits per heavy atom. The maximum absolute atomic E-state index is 14.4. The summed E-state index contributed by atoms with van der Waals surface area (Å²) in [4.78, 5) is 0. The van der Waals surface area contributed by atoms with Crippen molar-refractivity contribution in [3.8, 4) is 0 Å².